The number of carbonyl (C=O) groups is 1. The highest BCUT2D eigenvalue weighted by Gasteiger charge is 2.28. The molecule has 0 radical (unpaired) electrons. The monoisotopic (exact) mass is 677 g/mol. The highest BCUT2D eigenvalue weighted by molar-refractivity contribution is 6.30. The number of aromatic amines is 1. The predicted octanol–water partition coefficient (Wildman–Crippen LogP) is 8.03. The lowest BCUT2D eigenvalue weighted by Gasteiger charge is -2.31. The number of H-pyrrole nitrogens is 1. The zero-order valence-corrected chi connectivity index (χ0v) is 28.2. The van der Waals surface area contributed by atoms with Gasteiger partial charge in [0.1, 0.15) is 18.2 Å². The van der Waals surface area contributed by atoms with E-state index in [9.17, 15) is 9.18 Å². The van der Waals surface area contributed by atoms with Crippen LogP contribution in [-0.4, -0.2) is 48.6 Å². The normalized spacial score (nSPS) is 15.7. The third-order valence-corrected chi connectivity index (χ3v) is 10.1. The lowest BCUT2D eigenvalue weighted by molar-refractivity contribution is 0.102. The van der Waals surface area contributed by atoms with E-state index in [0.29, 0.717) is 33.9 Å². The summed E-state index contributed by atoms with van der Waals surface area (Å²) in [6, 6.07) is 20.2. The van der Waals surface area contributed by atoms with E-state index in [4.69, 9.17) is 26.3 Å². The van der Waals surface area contributed by atoms with Crippen molar-refractivity contribution in [1.29, 1.82) is 0 Å². The summed E-state index contributed by atoms with van der Waals surface area (Å²) in [5.74, 6) is 1.73. The molecule has 1 saturated carbocycles. The summed E-state index contributed by atoms with van der Waals surface area (Å²) in [7, 11) is 2.03. The first kappa shape index (κ1) is 31.5. The molecule has 1 amide bonds. The summed E-state index contributed by atoms with van der Waals surface area (Å²) in [5.41, 5.74) is 7.80. The summed E-state index contributed by atoms with van der Waals surface area (Å²) >= 11 is 5.87. The minimum atomic E-state index is -0.389. The summed E-state index contributed by atoms with van der Waals surface area (Å²) in [5, 5.41) is 12.1. The smallest absolute Gasteiger partial charge is 0.255 e. The number of nitrogens with zero attached hydrogens (tertiary/aromatic N) is 5. The number of likely N-dealkylation sites (tertiary alicyclic amines) is 1. The fourth-order valence-electron chi connectivity index (χ4n) is 6.90. The zero-order chi connectivity index (χ0) is 33.6. The van der Waals surface area contributed by atoms with Crippen LogP contribution in [0.15, 0.2) is 66.7 Å². The number of benzene rings is 3. The Balaban J connectivity index is 0.901. The molecule has 1 aliphatic heterocycles. The fourth-order valence-corrected chi connectivity index (χ4v) is 7.06. The van der Waals surface area contributed by atoms with Crippen LogP contribution in [0, 0.1) is 12.7 Å². The molecule has 8 rings (SSSR count). The molecule has 1 aliphatic carbocycles. The molecule has 11 heteroatoms. The quantitative estimate of drug-likeness (QED) is 0.161. The van der Waals surface area contributed by atoms with Crippen LogP contribution in [0.25, 0.3) is 21.9 Å². The average molecular weight is 678 g/mol. The Bertz CT molecular complexity index is 2200. The van der Waals surface area contributed by atoms with Crippen molar-refractivity contribution in [2.45, 2.75) is 57.6 Å². The van der Waals surface area contributed by atoms with Gasteiger partial charge < -0.3 is 14.6 Å². The van der Waals surface area contributed by atoms with Crippen molar-refractivity contribution >= 4 is 45.1 Å². The van der Waals surface area contributed by atoms with Crippen LogP contribution in [-0.2, 0) is 20.2 Å². The highest BCUT2D eigenvalue weighted by Crippen LogP contribution is 2.44. The number of ether oxygens (including phenoxy) is 1. The van der Waals surface area contributed by atoms with Crippen molar-refractivity contribution in [3.05, 3.63) is 111 Å². The van der Waals surface area contributed by atoms with Crippen LogP contribution in [0.5, 0.6) is 5.88 Å². The second kappa shape index (κ2) is 12.9. The largest absolute Gasteiger partial charge is 0.473 e. The van der Waals surface area contributed by atoms with Crippen LogP contribution < -0.4 is 10.1 Å². The van der Waals surface area contributed by atoms with Gasteiger partial charge in [-0.25, -0.2) is 14.4 Å². The van der Waals surface area contributed by atoms with Gasteiger partial charge in [0, 0.05) is 57.6 Å². The molecule has 2 aliphatic rings. The SMILES string of the molecule is Cc1[nH]nc2c(C3CC3)cc(NC(=O)c3ccc4c(c3)nc(CN3CCC(c5cccc(OCc6ccc(Cl)cc6F)n5)CC3)n4C)cc12. The fraction of sp³-hybridized carbons (Fsp3) is 0.316. The number of hydrogen-bond donors (Lipinski definition) is 2. The van der Waals surface area contributed by atoms with E-state index in [1.807, 2.05) is 50.4 Å². The first-order valence-corrected chi connectivity index (χ1v) is 17.2. The van der Waals surface area contributed by atoms with Gasteiger partial charge in [-0.1, -0.05) is 23.7 Å². The molecular weight excluding hydrogens is 641 g/mol. The van der Waals surface area contributed by atoms with Crippen molar-refractivity contribution in [1.82, 2.24) is 29.6 Å². The van der Waals surface area contributed by atoms with E-state index in [-0.39, 0.29) is 18.3 Å². The van der Waals surface area contributed by atoms with E-state index in [2.05, 4.69) is 31.0 Å². The van der Waals surface area contributed by atoms with Crippen molar-refractivity contribution in [2.75, 3.05) is 18.4 Å². The lowest BCUT2D eigenvalue weighted by Crippen LogP contribution is -2.33. The topological polar surface area (TPSA) is 101 Å². The standard InChI is InChI=1S/C38H37ClFN7O2/c1-22-29-18-28(19-30(23-6-7-23)37(29)45-44-22)41-38(48)25-9-11-34-33(16-25)42-35(46(34)2)20-47-14-12-24(13-15-47)32-4-3-5-36(43-32)49-21-26-8-10-27(39)17-31(26)40/h3-5,8-11,16-19,23-24H,6-7,12-15,20-21H2,1-2H3,(H,41,48)(H,44,45). The Kier molecular flexibility index (Phi) is 8.29. The molecule has 2 N–H and O–H groups in total. The summed E-state index contributed by atoms with van der Waals surface area (Å²) in [6.45, 7) is 4.64. The maximum Gasteiger partial charge on any atom is 0.255 e. The number of pyridine rings is 1. The second-order valence-electron chi connectivity index (χ2n) is 13.3. The first-order valence-electron chi connectivity index (χ1n) is 16.8. The zero-order valence-electron chi connectivity index (χ0n) is 27.5. The van der Waals surface area contributed by atoms with Gasteiger partial charge in [-0.2, -0.15) is 5.10 Å². The number of anilines is 1. The number of aryl methyl sites for hydroxylation is 2. The van der Waals surface area contributed by atoms with Gasteiger partial charge in [-0.15, -0.1) is 0 Å². The van der Waals surface area contributed by atoms with Crippen molar-refractivity contribution in [3.63, 3.8) is 0 Å². The molecule has 0 spiro atoms. The number of halogens is 2. The Labute approximate surface area is 288 Å². The van der Waals surface area contributed by atoms with Gasteiger partial charge >= 0.3 is 0 Å². The number of nitrogens with one attached hydrogen (secondary N) is 2. The summed E-state index contributed by atoms with van der Waals surface area (Å²) < 4.78 is 22.1. The van der Waals surface area contributed by atoms with Crippen LogP contribution in [0.1, 0.15) is 76.2 Å². The van der Waals surface area contributed by atoms with Gasteiger partial charge in [0.05, 0.1) is 23.1 Å². The highest BCUT2D eigenvalue weighted by atomic mass is 35.5. The molecule has 1 saturated heterocycles. The Morgan fingerprint density at radius 2 is 1.86 bits per heavy atom. The summed E-state index contributed by atoms with van der Waals surface area (Å²) in [4.78, 5) is 25.5. The molecule has 4 heterocycles. The molecule has 6 aromatic rings. The van der Waals surface area contributed by atoms with Gasteiger partial charge in [0.2, 0.25) is 5.88 Å². The van der Waals surface area contributed by atoms with E-state index < -0.39 is 0 Å². The van der Waals surface area contributed by atoms with Gasteiger partial charge in [-0.3, -0.25) is 14.8 Å². The Morgan fingerprint density at radius 3 is 2.65 bits per heavy atom. The second-order valence-corrected chi connectivity index (χ2v) is 13.7. The third-order valence-electron chi connectivity index (χ3n) is 9.90. The van der Waals surface area contributed by atoms with E-state index in [0.717, 1.165) is 90.2 Å². The van der Waals surface area contributed by atoms with Crippen LogP contribution in [0.2, 0.25) is 5.02 Å². The molecule has 2 fully saturated rings. The molecule has 3 aromatic heterocycles. The van der Waals surface area contributed by atoms with Crippen LogP contribution in [0.3, 0.4) is 0 Å². The number of amides is 1. The Hall–Kier alpha value is -4.80. The van der Waals surface area contributed by atoms with Crippen molar-refractivity contribution in [3.8, 4) is 5.88 Å². The molecule has 0 atom stereocenters. The maximum absolute atomic E-state index is 14.2. The molecule has 0 unspecified atom stereocenters. The van der Waals surface area contributed by atoms with Crippen molar-refractivity contribution in [2.24, 2.45) is 7.05 Å². The number of fused-ring (bicyclic) bond motifs is 2. The number of aromatic nitrogens is 5. The van der Waals surface area contributed by atoms with Gasteiger partial charge in [0.25, 0.3) is 5.91 Å². The molecule has 3 aromatic carbocycles. The molecular formula is C38H37ClFN7O2. The lowest BCUT2D eigenvalue weighted by atomic mass is 9.93. The minimum Gasteiger partial charge on any atom is -0.473 e. The third kappa shape index (κ3) is 6.50. The molecule has 250 valence electrons. The van der Waals surface area contributed by atoms with E-state index >= 15 is 0 Å². The van der Waals surface area contributed by atoms with Gasteiger partial charge in [-0.05, 0) is 106 Å². The number of carbonyl (C=O) groups excluding carboxylic acids is 1. The maximum atomic E-state index is 14.2. The molecule has 49 heavy (non-hydrogen) atoms. The predicted molar refractivity (Wildman–Crippen MR) is 189 cm³/mol. The van der Waals surface area contributed by atoms with Gasteiger partial charge in [0.15, 0.2) is 0 Å². The van der Waals surface area contributed by atoms with E-state index in [1.165, 1.54) is 11.6 Å². The molecule has 0 bridgehead atoms. The van der Waals surface area contributed by atoms with E-state index in [1.54, 1.807) is 18.2 Å². The van der Waals surface area contributed by atoms with Crippen LogP contribution >= 0.6 is 11.6 Å². The average Bonchev–Trinajstić information content (AvgIpc) is 3.82. The number of rotatable bonds is 9. The van der Waals surface area contributed by atoms with Crippen molar-refractivity contribution < 1.29 is 13.9 Å². The first-order chi connectivity index (χ1) is 23.8. The molecule has 9 nitrogen and oxygen atoms in total. The Morgan fingerprint density at radius 1 is 1.02 bits per heavy atom. The number of piperidine rings is 1. The minimum absolute atomic E-state index is 0.0886. The number of hydrogen-bond acceptors (Lipinski definition) is 6. The number of imidazole rings is 1. The van der Waals surface area contributed by atoms with Crippen LogP contribution in [0.4, 0.5) is 10.1 Å². The summed E-state index contributed by atoms with van der Waals surface area (Å²) in [6.07, 6.45) is 4.24.